The van der Waals surface area contributed by atoms with E-state index in [1.807, 2.05) is 11.9 Å². The topological polar surface area (TPSA) is 78.5 Å². The van der Waals surface area contributed by atoms with Gasteiger partial charge in [-0.05, 0) is 19.3 Å². The van der Waals surface area contributed by atoms with Crippen molar-refractivity contribution in [1.29, 1.82) is 0 Å². The Labute approximate surface area is 266 Å². The lowest BCUT2D eigenvalue weighted by Gasteiger charge is -2.37. The first-order valence-electron chi connectivity index (χ1n) is 18.5. The van der Waals surface area contributed by atoms with E-state index < -0.39 is 0 Å². The van der Waals surface area contributed by atoms with Gasteiger partial charge in [-0.1, -0.05) is 142 Å². The number of hydrogen-bond acceptors (Lipinski definition) is 3. The number of nitrogens with zero attached hydrogens (tertiary/aromatic N) is 2. The van der Waals surface area contributed by atoms with Crippen LogP contribution in [0.1, 0.15) is 181 Å². The molecule has 7 heteroatoms. The number of carbonyl (C=O) groups is 3. The van der Waals surface area contributed by atoms with Gasteiger partial charge in [0.05, 0.1) is 7.05 Å². The average Bonchev–Trinajstić information content (AvgIpc) is 3.40. The molecule has 3 amide bonds. The summed E-state index contributed by atoms with van der Waals surface area (Å²) in [6.45, 7) is 6.62. The van der Waals surface area contributed by atoms with Gasteiger partial charge in [-0.2, -0.15) is 0 Å². The number of rotatable bonds is 30. The summed E-state index contributed by atoms with van der Waals surface area (Å²) in [5.41, 5.74) is 0. The van der Waals surface area contributed by atoms with Gasteiger partial charge in [-0.15, -0.1) is 0 Å². The molecule has 43 heavy (non-hydrogen) atoms. The van der Waals surface area contributed by atoms with Crippen LogP contribution < -0.4 is 10.6 Å². The van der Waals surface area contributed by atoms with Crippen LogP contribution in [-0.4, -0.2) is 60.7 Å². The third-order valence-electron chi connectivity index (χ3n) is 9.01. The van der Waals surface area contributed by atoms with Crippen LogP contribution in [0.25, 0.3) is 0 Å². The second-order valence-corrected chi connectivity index (χ2v) is 13.6. The molecule has 0 radical (unpaired) electrons. The zero-order valence-electron chi connectivity index (χ0n) is 28.8. The van der Waals surface area contributed by atoms with Gasteiger partial charge >= 0.3 is 0 Å². The lowest BCUT2D eigenvalue weighted by molar-refractivity contribution is -0.921. The van der Waals surface area contributed by atoms with Crippen molar-refractivity contribution in [3.05, 3.63) is 0 Å². The molecule has 1 aliphatic heterocycles. The molecule has 1 saturated heterocycles. The van der Waals surface area contributed by atoms with Crippen molar-refractivity contribution >= 4 is 17.7 Å². The number of carbonyl (C=O) groups excluding carboxylic acids is 3. The Bertz CT molecular complexity index is 673. The molecule has 7 nitrogen and oxygen atoms in total. The summed E-state index contributed by atoms with van der Waals surface area (Å²) in [5, 5.41) is 6.21. The van der Waals surface area contributed by atoms with E-state index in [-0.39, 0.29) is 17.7 Å². The first kappa shape index (κ1) is 39.4. The van der Waals surface area contributed by atoms with Gasteiger partial charge in [0.25, 0.3) is 0 Å². The van der Waals surface area contributed by atoms with Crippen LogP contribution in [0, 0.1) is 0 Å². The number of unbranched alkanes of at least 4 members (excludes halogenated alkanes) is 20. The third kappa shape index (κ3) is 22.5. The first-order valence-corrected chi connectivity index (χ1v) is 18.5. The summed E-state index contributed by atoms with van der Waals surface area (Å²) in [6, 6.07) is 0. The number of hydrogen-bond donors (Lipinski definition) is 2. The lowest BCUT2D eigenvalue weighted by Crippen LogP contribution is -2.60. The molecule has 0 atom stereocenters. The molecule has 1 fully saturated rings. The van der Waals surface area contributed by atoms with Crippen molar-refractivity contribution in [1.82, 2.24) is 15.5 Å². The highest BCUT2D eigenvalue weighted by Crippen LogP contribution is 2.15. The Morgan fingerprint density at radius 3 is 1.28 bits per heavy atom. The van der Waals surface area contributed by atoms with Crippen LogP contribution in [0.15, 0.2) is 0 Å². The fraction of sp³-hybridized carbons (Fsp3) is 0.917. The van der Waals surface area contributed by atoms with E-state index in [0.29, 0.717) is 43.8 Å². The normalized spacial score (nSPS) is 13.6. The molecule has 1 heterocycles. The van der Waals surface area contributed by atoms with Crippen molar-refractivity contribution in [2.24, 2.45) is 0 Å². The molecule has 252 valence electrons. The maximum absolute atomic E-state index is 12.6. The standard InChI is InChI=1S/C36H70N4O3/c1-4-6-8-10-12-14-16-18-20-22-24-27-34(41)37-31-40(3,33-39-30-26-29-36(39)43)32-38-35(42)28-25-23-21-19-17-15-13-11-9-7-5-2/h4-33H2,1-3H3,(H-,37,38,41,42)/p+1. The van der Waals surface area contributed by atoms with E-state index in [2.05, 4.69) is 24.5 Å². The maximum Gasteiger partial charge on any atom is 0.226 e. The molecular weight excluding hydrogens is 536 g/mol. The van der Waals surface area contributed by atoms with Crippen LogP contribution in [0.2, 0.25) is 0 Å². The van der Waals surface area contributed by atoms with Gasteiger partial charge in [0, 0.05) is 25.8 Å². The highest BCUT2D eigenvalue weighted by atomic mass is 16.2. The van der Waals surface area contributed by atoms with Crippen LogP contribution >= 0.6 is 0 Å². The van der Waals surface area contributed by atoms with Crippen LogP contribution in [0.5, 0.6) is 0 Å². The Kier molecular flexibility index (Phi) is 24.5. The minimum absolute atomic E-state index is 0.0697. The second-order valence-electron chi connectivity index (χ2n) is 13.6. The minimum atomic E-state index is 0.0697. The zero-order chi connectivity index (χ0) is 31.4. The molecule has 0 aromatic rings. The summed E-state index contributed by atoms with van der Waals surface area (Å²) in [6.07, 6.45) is 30.5. The summed E-state index contributed by atoms with van der Waals surface area (Å²) in [7, 11) is 2.02. The van der Waals surface area contributed by atoms with Crippen LogP contribution in [0.3, 0.4) is 0 Å². The smallest absolute Gasteiger partial charge is 0.226 e. The van der Waals surface area contributed by atoms with Crippen molar-refractivity contribution in [2.45, 2.75) is 181 Å². The molecule has 1 rings (SSSR count). The Hall–Kier alpha value is -1.63. The molecule has 0 spiro atoms. The summed E-state index contributed by atoms with van der Waals surface area (Å²) in [5.74, 6) is 0.310. The largest absolute Gasteiger partial charge is 0.309 e. The molecule has 0 saturated carbocycles. The summed E-state index contributed by atoms with van der Waals surface area (Å²) < 4.78 is 0.403. The van der Waals surface area contributed by atoms with Crippen molar-refractivity contribution < 1.29 is 18.9 Å². The van der Waals surface area contributed by atoms with Gasteiger partial charge in [-0.25, -0.2) is 0 Å². The monoisotopic (exact) mass is 608 g/mol. The van der Waals surface area contributed by atoms with E-state index in [1.54, 1.807) is 0 Å². The van der Waals surface area contributed by atoms with Gasteiger partial charge in [0.15, 0.2) is 20.0 Å². The molecule has 0 aliphatic carbocycles. The number of nitrogens with one attached hydrogen (secondary N) is 2. The van der Waals surface area contributed by atoms with Crippen LogP contribution in [0.4, 0.5) is 0 Å². The molecular formula is C36H71N4O3+. The molecule has 0 aromatic heterocycles. The second kappa shape index (κ2) is 26.7. The molecule has 0 aromatic carbocycles. The number of quaternary nitrogens is 1. The van der Waals surface area contributed by atoms with Crippen molar-refractivity contribution in [3.8, 4) is 0 Å². The van der Waals surface area contributed by atoms with Gasteiger partial charge in [0.2, 0.25) is 17.7 Å². The lowest BCUT2D eigenvalue weighted by atomic mass is 10.1. The third-order valence-corrected chi connectivity index (χ3v) is 9.01. The highest BCUT2D eigenvalue weighted by Gasteiger charge is 2.31. The van der Waals surface area contributed by atoms with Gasteiger partial charge < -0.3 is 10.6 Å². The van der Waals surface area contributed by atoms with Crippen molar-refractivity contribution in [2.75, 3.05) is 33.6 Å². The summed E-state index contributed by atoms with van der Waals surface area (Å²) in [4.78, 5) is 39.5. The molecule has 1 aliphatic rings. The highest BCUT2D eigenvalue weighted by molar-refractivity contribution is 5.78. The van der Waals surface area contributed by atoms with E-state index in [1.165, 1.54) is 116 Å². The number of amides is 3. The Balaban J connectivity index is 2.24. The van der Waals surface area contributed by atoms with E-state index >= 15 is 0 Å². The van der Waals surface area contributed by atoms with E-state index in [0.717, 1.165) is 38.6 Å². The van der Waals surface area contributed by atoms with Gasteiger partial charge in [-0.3, -0.25) is 23.8 Å². The Morgan fingerprint density at radius 1 is 0.605 bits per heavy atom. The molecule has 0 unspecified atom stereocenters. The Morgan fingerprint density at radius 2 is 0.953 bits per heavy atom. The quantitative estimate of drug-likeness (QED) is 0.0488. The summed E-state index contributed by atoms with van der Waals surface area (Å²) >= 11 is 0. The maximum atomic E-state index is 12.6. The number of likely N-dealkylation sites (tertiary alicyclic amines) is 1. The molecule has 0 bridgehead atoms. The van der Waals surface area contributed by atoms with Crippen molar-refractivity contribution in [3.63, 3.8) is 0 Å². The zero-order valence-corrected chi connectivity index (χ0v) is 28.8. The first-order chi connectivity index (χ1) is 20.9. The molecule has 2 N–H and O–H groups in total. The van der Waals surface area contributed by atoms with E-state index in [9.17, 15) is 14.4 Å². The van der Waals surface area contributed by atoms with Crippen LogP contribution in [-0.2, 0) is 14.4 Å². The van der Waals surface area contributed by atoms with E-state index in [4.69, 9.17) is 0 Å². The SMILES string of the molecule is CCCCCCCCCCCCCC(=O)NC[N+](C)(CNC(=O)CCCCCCCCCCCCC)CN1CCCC1=O. The minimum Gasteiger partial charge on any atom is -0.309 e. The fourth-order valence-corrected chi connectivity index (χ4v) is 6.06. The predicted octanol–water partition coefficient (Wildman–Crippen LogP) is 8.56. The average molecular weight is 608 g/mol. The fourth-order valence-electron chi connectivity index (χ4n) is 6.06. The predicted molar refractivity (Wildman–Crippen MR) is 180 cm³/mol. The van der Waals surface area contributed by atoms with Gasteiger partial charge in [0.1, 0.15) is 0 Å².